The van der Waals surface area contributed by atoms with Gasteiger partial charge in [-0.05, 0) is 31.5 Å². The van der Waals surface area contributed by atoms with Crippen molar-refractivity contribution in [1.82, 2.24) is 4.98 Å². The molecule has 0 aliphatic heterocycles. The van der Waals surface area contributed by atoms with E-state index < -0.39 is 0 Å². The summed E-state index contributed by atoms with van der Waals surface area (Å²) in [6, 6.07) is 3.55. The van der Waals surface area contributed by atoms with E-state index in [1.165, 1.54) is 0 Å². The van der Waals surface area contributed by atoms with Gasteiger partial charge in [-0.15, -0.1) is 0 Å². The fourth-order valence-electron chi connectivity index (χ4n) is 2.04. The van der Waals surface area contributed by atoms with Gasteiger partial charge in [0.1, 0.15) is 13.7 Å². The molecule has 2 nitrogen and oxygen atoms in total. The molecule has 15 heavy (non-hydrogen) atoms. The molecule has 78 valence electrons. The van der Waals surface area contributed by atoms with E-state index in [1.54, 1.807) is 6.07 Å². The lowest BCUT2D eigenvalue weighted by Crippen LogP contribution is -2.05. The van der Waals surface area contributed by atoms with E-state index in [-0.39, 0.29) is 5.82 Å². The molecule has 3 N–H and O–H groups in total. The molecule has 0 fully saturated rings. The van der Waals surface area contributed by atoms with Crippen LogP contribution in [0.2, 0.25) is 0 Å². The molecule has 0 aliphatic rings. The molecule has 0 aliphatic carbocycles. The first-order chi connectivity index (χ1) is 7.13. The number of hydrogen-bond acceptors (Lipinski definition) is 1. The van der Waals surface area contributed by atoms with Gasteiger partial charge in [-0.1, -0.05) is 11.5 Å². The topological polar surface area (TPSA) is 41.8 Å². The molecule has 0 radical (unpaired) electrons. The number of aromatic nitrogens is 1. The Bertz CT molecular complexity index is 505. The maximum absolute atomic E-state index is 13.6. The lowest BCUT2D eigenvalue weighted by molar-refractivity contribution is 0.638. The van der Waals surface area contributed by atoms with Gasteiger partial charge in [-0.3, -0.25) is 0 Å². The molecule has 0 saturated carbocycles. The number of rotatable bonds is 2. The van der Waals surface area contributed by atoms with Crippen LogP contribution in [-0.2, 0) is 6.42 Å². The number of nitrogens with one attached hydrogen (secondary N) is 1. The van der Waals surface area contributed by atoms with Crippen molar-refractivity contribution in [1.29, 1.82) is 0 Å². The maximum Gasteiger partial charge on any atom is 0.146 e. The standard InChI is InChI=1S/C11H14BFN2/c1-6-8(2-3-14)9-4-7(12)5-10(13)11(9)15-6/h4-5,15H,2-3,12,14H2,1H3. The fraction of sp³-hybridized carbons (Fsp3) is 0.273. The van der Waals surface area contributed by atoms with Gasteiger partial charge in [0.15, 0.2) is 0 Å². The fourth-order valence-corrected chi connectivity index (χ4v) is 2.04. The van der Waals surface area contributed by atoms with Gasteiger partial charge in [0.05, 0.1) is 5.52 Å². The summed E-state index contributed by atoms with van der Waals surface area (Å²) in [6.07, 6.45) is 0.786. The van der Waals surface area contributed by atoms with E-state index >= 15 is 0 Å². The molecule has 1 heterocycles. The van der Waals surface area contributed by atoms with Gasteiger partial charge in [0, 0.05) is 11.1 Å². The first-order valence-electron chi connectivity index (χ1n) is 5.11. The SMILES string of the molecule is Bc1cc(F)c2[nH]c(C)c(CCN)c2c1. The summed E-state index contributed by atoms with van der Waals surface area (Å²) < 4.78 is 13.6. The third-order valence-corrected chi connectivity index (χ3v) is 2.72. The van der Waals surface area contributed by atoms with Gasteiger partial charge < -0.3 is 10.7 Å². The molecule has 2 rings (SSSR count). The van der Waals surface area contributed by atoms with E-state index in [0.717, 1.165) is 28.5 Å². The van der Waals surface area contributed by atoms with E-state index in [1.807, 2.05) is 20.8 Å². The maximum atomic E-state index is 13.6. The van der Waals surface area contributed by atoms with Crippen molar-refractivity contribution in [2.45, 2.75) is 13.3 Å². The highest BCUT2D eigenvalue weighted by Crippen LogP contribution is 2.23. The zero-order valence-corrected chi connectivity index (χ0v) is 9.02. The number of nitrogens with two attached hydrogens (primary N) is 1. The number of halogens is 1. The summed E-state index contributed by atoms with van der Waals surface area (Å²) in [5, 5.41) is 0.968. The number of aromatic amines is 1. The van der Waals surface area contributed by atoms with Crippen LogP contribution in [0.3, 0.4) is 0 Å². The quantitative estimate of drug-likeness (QED) is 0.682. The van der Waals surface area contributed by atoms with Crippen LogP contribution in [-0.4, -0.2) is 19.4 Å². The van der Waals surface area contributed by atoms with Crippen LogP contribution in [0.15, 0.2) is 12.1 Å². The first-order valence-corrected chi connectivity index (χ1v) is 5.11. The van der Waals surface area contributed by atoms with Crippen LogP contribution >= 0.6 is 0 Å². The largest absolute Gasteiger partial charge is 0.356 e. The highest BCUT2D eigenvalue weighted by molar-refractivity contribution is 6.33. The van der Waals surface area contributed by atoms with Crippen LogP contribution in [0.1, 0.15) is 11.3 Å². The van der Waals surface area contributed by atoms with Crippen LogP contribution in [0.4, 0.5) is 4.39 Å². The second-order valence-electron chi connectivity index (χ2n) is 3.94. The summed E-state index contributed by atoms with van der Waals surface area (Å²) in [4.78, 5) is 3.08. The molecular weight excluding hydrogens is 190 g/mol. The Balaban J connectivity index is 2.74. The zero-order valence-electron chi connectivity index (χ0n) is 9.02. The van der Waals surface area contributed by atoms with Crippen molar-refractivity contribution in [2.75, 3.05) is 6.54 Å². The van der Waals surface area contributed by atoms with Gasteiger partial charge in [0.2, 0.25) is 0 Å². The molecular formula is C11H14BFN2. The minimum absolute atomic E-state index is 0.184. The normalized spacial score (nSPS) is 11.1. The predicted octanol–water partition coefficient (Wildman–Crippen LogP) is 0.375. The molecule has 0 amide bonds. The summed E-state index contributed by atoms with van der Waals surface area (Å²) in [5.41, 5.74) is 9.24. The van der Waals surface area contributed by atoms with Crippen molar-refractivity contribution in [2.24, 2.45) is 5.73 Å². The monoisotopic (exact) mass is 204 g/mol. The average Bonchev–Trinajstić information content (AvgIpc) is 2.46. The van der Waals surface area contributed by atoms with Crippen molar-refractivity contribution >= 4 is 24.2 Å². The molecule has 4 heteroatoms. The van der Waals surface area contributed by atoms with Crippen molar-refractivity contribution < 1.29 is 4.39 Å². The third kappa shape index (κ3) is 1.65. The van der Waals surface area contributed by atoms with E-state index in [9.17, 15) is 4.39 Å². The van der Waals surface area contributed by atoms with Crippen molar-refractivity contribution in [3.8, 4) is 0 Å². The van der Waals surface area contributed by atoms with Gasteiger partial charge >= 0.3 is 0 Å². The molecule has 2 aromatic rings. The minimum Gasteiger partial charge on any atom is -0.356 e. The summed E-state index contributed by atoms with van der Waals surface area (Å²) >= 11 is 0. The van der Waals surface area contributed by atoms with E-state index in [4.69, 9.17) is 5.73 Å². The Morgan fingerprint density at radius 3 is 2.87 bits per heavy atom. The Kier molecular flexibility index (Phi) is 2.53. The molecule has 0 spiro atoms. The Labute approximate surface area is 89.1 Å². The Morgan fingerprint density at radius 1 is 1.47 bits per heavy atom. The summed E-state index contributed by atoms with van der Waals surface area (Å²) in [7, 11) is 1.90. The van der Waals surface area contributed by atoms with E-state index in [0.29, 0.717) is 12.1 Å². The number of hydrogen-bond donors (Lipinski definition) is 2. The van der Waals surface area contributed by atoms with Gasteiger partial charge in [0.25, 0.3) is 0 Å². The molecule has 0 atom stereocenters. The minimum atomic E-state index is -0.184. The van der Waals surface area contributed by atoms with Gasteiger partial charge in [-0.25, -0.2) is 4.39 Å². The molecule has 1 aromatic heterocycles. The number of H-pyrrole nitrogens is 1. The number of fused-ring (bicyclic) bond motifs is 1. The number of benzene rings is 1. The lowest BCUT2D eigenvalue weighted by Gasteiger charge is -2.00. The van der Waals surface area contributed by atoms with Crippen LogP contribution in [0, 0.1) is 12.7 Å². The third-order valence-electron chi connectivity index (χ3n) is 2.72. The summed E-state index contributed by atoms with van der Waals surface area (Å²) in [6.45, 7) is 2.54. The zero-order chi connectivity index (χ0) is 11.0. The second kappa shape index (κ2) is 3.70. The Hall–Kier alpha value is -1.29. The molecule has 0 bridgehead atoms. The van der Waals surface area contributed by atoms with Crippen molar-refractivity contribution in [3.63, 3.8) is 0 Å². The molecule has 0 unspecified atom stereocenters. The highest BCUT2D eigenvalue weighted by Gasteiger charge is 2.11. The lowest BCUT2D eigenvalue weighted by atomic mass is 9.93. The first kappa shape index (κ1) is 10.2. The van der Waals surface area contributed by atoms with Crippen LogP contribution in [0.5, 0.6) is 0 Å². The average molecular weight is 204 g/mol. The van der Waals surface area contributed by atoms with Crippen molar-refractivity contribution in [3.05, 3.63) is 29.2 Å². The van der Waals surface area contributed by atoms with Crippen LogP contribution < -0.4 is 11.2 Å². The molecule has 0 saturated heterocycles. The molecule has 1 aromatic carbocycles. The highest BCUT2D eigenvalue weighted by atomic mass is 19.1. The predicted molar refractivity (Wildman–Crippen MR) is 63.9 cm³/mol. The second-order valence-corrected chi connectivity index (χ2v) is 3.94. The Morgan fingerprint density at radius 2 is 2.20 bits per heavy atom. The summed E-state index contributed by atoms with van der Waals surface area (Å²) in [5.74, 6) is -0.184. The smallest absolute Gasteiger partial charge is 0.146 e. The van der Waals surface area contributed by atoms with E-state index in [2.05, 4.69) is 4.98 Å². The number of aryl methyl sites for hydroxylation is 1. The van der Waals surface area contributed by atoms with Gasteiger partial charge in [-0.2, -0.15) is 0 Å². The van der Waals surface area contributed by atoms with Crippen LogP contribution in [0.25, 0.3) is 10.9 Å².